The third-order valence-electron chi connectivity index (χ3n) is 5.32. The Hall–Kier alpha value is -3.38. The normalized spacial score (nSPS) is 12.7. The SMILES string of the molecule is CCc1cccc2sc(N(Cc3ccccc3)C(=O)c3ccc4c(c3)OCCO4)nc12. The molecule has 0 spiro atoms. The number of ether oxygens (including phenoxy) is 2. The molecule has 6 heteroatoms. The second-order valence-corrected chi connectivity index (χ2v) is 8.36. The Labute approximate surface area is 184 Å². The second-order valence-electron chi connectivity index (χ2n) is 7.35. The highest BCUT2D eigenvalue weighted by molar-refractivity contribution is 7.22. The first-order chi connectivity index (χ1) is 15.2. The van der Waals surface area contributed by atoms with Crippen LogP contribution in [0, 0.1) is 0 Å². The van der Waals surface area contributed by atoms with Crippen LogP contribution < -0.4 is 14.4 Å². The highest BCUT2D eigenvalue weighted by Crippen LogP contribution is 2.35. The Bertz CT molecular complexity index is 1240. The summed E-state index contributed by atoms with van der Waals surface area (Å²) >= 11 is 1.54. The lowest BCUT2D eigenvalue weighted by molar-refractivity contribution is 0.0984. The van der Waals surface area contributed by atoms with Crippen molar-refractivity contribution in [2.75, 3.05) is 18.1 Å². The van der Waals surface area contributed by atoms with Gasteiger partial charge in [-0.05, 0) is 41.8 Å². The molecule has 0 radical (unpaired) electrons. The maximum Gasteiger partial charge on any atom is 0.260 e. The molecule has 31 heavy (non-hydrogen) atoms. The summed E-state index contributed by atoms with van der Waals surface area (Å²) in [6.45, 7) is 3.56. The first kappa shape index (κ1) is 19.6. The predicted octanol–water partition coefficient (Wildman–Crippen LogP) is 5.48. The van der Waals surface area contributed by atoms with E-state index in [1.807, 2.05) is 36.4 Å². The summed E-state index contributed by atoms with van der Waals surface area (Å²) in [6, 6.07) is 21.5. The van der Waals surface area contributed by atoms with Crippen molar-refractivity contribution in [2.45, 2.75) is 19.9 Å². The molecule has 5 nitrogen and oxygen atoms in total. The number of thiazole rings is 1. The van der Waals surface area contributed by atoms with E-state index in [0.29, 0.717) is 42.0 Å². The van der Waals surface area contributed by atoms with E-state index in [2.05, 4.69) is 19.1 Å². The Balaban J connectivity index is 1.56. The van der Waals surface area contributed by atoms with Gasteiger partial charge in [0.15, 0.2) is 16.6 Å². The van der Waals surface area contributed by atoms with Gasteiger partial charge in [-0.15, -0.1) is 0 Å². The van der Waals surface area contributed by atoms with Crippen LogP contribution in [0.4, 0.5) is 5.13 Å². The quantitative estimate of drug-likeness (QED) is 0.421. The average Bonchev–Trinajstić information content (AvgIpc) is 3.26. The number of hydrogen-bond donors (Lipinski definition) is 0. The molecule has 4 aromatic rings. The molecular formula is C25H22N2O3S. The van der Waals surface area contributed by atoms with E-state index in [1.54, 1.807) is 34.4 Å². The summed E-state index contributed by atoms with van der Waals surface area (Å²) in [6.07, 6.45) is 0.898. The minimum Gasteiger partial charge on any atom is -0.486 e. The summed E-state index contributed by atoms with van der Waals surface area (Å²) in [4.78, 5) is 20.3. The standard InChI is InChI=1S/C25H22N2O3S/c1-2-18-9-6-10-22-23(18)26-25(31-22)27(16-17-7-4-3-5-8-17)24(28)19-11-12-20-21(15-19)30-14-13-29-20/h3-12,15H,2,13-14,16H2,1H3. The molecule has 0 N–H and O–H groups in total. The zero-order chi connectivity index (χ0) is 21.2. The summed E-state index contributed by atoms with van der Waals surface area (Å²) < 4.78 is 12.4. The summed E-state index contributed by atoms with van der Waals surface area (Å²) in [5, 5.41) is 0.694. The van der Waals surface area contributed by atoms with Gasteiger partial charge in [-0.25, -0.2) is 4.98 Å². The van der Waals surface area contributed by atoms with Crippen LogP contribution >= 0.6 is 11.3 Å². The molecule has 5 rings (SSSR count). The van der Waals surface area contributed by atoms with Crippen molar-refractivity contribution in [3.05, 3.63) is 83.4 Å². The van der Waals surface area contributed by atoms with Crippen molar-refractivity contribution in [3.8, 4) is 11.5 Å². The molecule has 1 aliphatic heterocycles. The molecule has 0 atom stereocenters. The highest BCUT2D eigenvalue weighted by Gasteiger charge is 2.24. The topological polar surface area (TPSA) is 51.7 Å². The van der Waals surface area contributed by atoms with Gasteiger partial charge in [-0.1, -0.05) is 60.7 Å². The maximum absolute atomic E-state index is 13.7. The third-order valence-corrected chi connectivity index (χ3v) is 6.36. The molecule has 0 fully saturated rings. The van der Waals surface area contributed by atoms with Gasteiger partial charge in [0.25, 0.3) is 5.91 Å². The van der Waals surface area contributed by atoms with E-state index in [0.717, 1.165) is 22.2 Å². The lowest BCUT2D eigenvalue weighted by atomic mass is 10.1. The Morgan fingerprint density at radius 3 is 2.61 bits per heavy atom. The van der Waals surface area contributed by atoms with Gasteiger partial charge >= 0.3 is 0 Å². The molecule has 0 bridgehead atoms. The van der Waals surface area contributed by atoms with E-state index in [4.69, 9.17) is 14.5 Å². The van der Waals surface area contributed by atoms with Crippen LogP contribution in [0.25, 0.3) is 10.2 Å². The first-order valence-electron chi connectivity index (χ1n) is 10.4. The van der Waals surface area contributed by atoms with Crippen molar-refractivity contribution in [2.24, 2.45) is 0 Å². The lowest BCUT2D eigenvalue weighted by Crippen LogP contribution is -2.30. The number of nitrogens with zero attached hydrogens (tertiary/aromatic N) is 2. The number of benzene rings is 3. The predicted molar refractivity (Wildman–Crippen MR) is 123 cm³/mol. The van der Waals surface area contributed by atoms with Gasteiger partial charge in [-0.2, -0.15) is 0 Å². The number of para-hydroxylation sites is 1. The monoisotopic (exact) mass is 430 g/mol. The summed E-state index contributed by atoms with van der Waals surface area (Å²) in [5.41, 5.74) is 3.75. The van der Waals surface area contributed by atoms with Crippen LogP contribution in [-0.4, -0.2) is 24.1 Å². The number of anilines is 1. The fourth-order valence-electron chi connectivity index (χ4n) is 3.72. The molecule has 0 saturated heterocycles. The van der Waals surface area contributed by atoms with Crippen molar-refractivity contribution in [3.63, 3.8) is 0 Å². The lowest BCUT2D eigenvalue weighted by Gasteiger charge is -2.22. The fourth-order valence-corrected chi connectivity index (χ4v) is 4.73. The van der Waals surface area contributed by atoms with Gasteiger partial charge in [0.2, 0.25) is 0 Å². The van der Waals surface area contributed by atoms with Crippen molar-refractivity contribution in [1.29, 1.82) is 0 Å². The van der Waals surface area contributed by atoms with Crippen LogP contribution in [0.1, 0.15) is 28.4 Å². The summed E-state index contributed by atoms with van der Waals surface area (Å²) in [5.74, 6) is 1.16. The van der Waals surface area contributed by atoms with Gasteiger partial charge in [0, 0.05) is 5.56 Å². The molecule has 1 aliphatic rings. The Morgan fingerprint density at radius 2 is 1.81 bits per heavy atom. The highest BCUT2D eigenvalue weighted by atomic mass is 32.1. The van der Waals surface area contributed by atoms with Crippen LogP contribution in [-0.2, 0) is 13.0 Å². The minimum atomic E-state index is -0.113. The van der Waals surface area contributed by atoms with Crippen molar-refractivity contribution < 1.29 is 14.3 Å². The van der Waals surface area contributed by atoms with Crippen molar-refractivity contribution >= 4 is 32.6 Å². The number of fused-ring (bicyclic) bond motifs is 2. The number of aryl methyl sites for hydroxylation is 1. The molecule has 1 aromatic heterocycles. The molecule has 0 saturated carbocycles. The maximum atomic E-state index is 13.7. The van der Waals surface area contributed by atoms with Gasteiger partial charge in [-0.3, -0.25) is 9.69 Å². The zero-order valence-electron chi connectivity index (χ0n) is 17.2. The number of carbonyl (C=O) groups is 1. The molecule has 2 heterocycles. The van der Waals surface area contributed by atoms with E-state index in [-0.39, 0.29) is 5.91 Å². The van der Waals surface area contributed by atoms with Gasteiger partial charge in [0.1, 0.15) is 13.2 Å². The van der Waals surface area contributed by atoms with Crippen LogP contribution in [0.5, 0.6) is 11.5 Å². The minimum absolute atomic E-state index is 0.113. The van der Waals surface area contributed by atoms with E-state index >= 15 is 0 Å². The molecule has 156 valence electrons. The number of rotatable bonds is 5. The van der Waals surface area contributed by atoms with Gasteiger partial charge in [0.05, 0.1) is 16.8 Å². The first-order valence-corrected chi connectivity index (χ1v) is 11.2. The smallest absolute Gasteiger partial charge is 0.260 e. The summed E-state index contributed by atoms with van der Waals surface area (Å²) in [7, 11) is 0. The number of aromatic nitrogens is 1. The number of hydrogen-bond acceptors (Lipinski definition) is 5. The van der Waals surface area contributed by atoms with Crippen LogP contribution in [0.15, 0.2) is 66.7 Å². The molecule has 1 amide bonds. The Morgan fingerprint density at radius 1 is 1.00 bits per heavy atom. The molecule has 3 aromatic carbocycles. The van der Waals surface area contributed by atoms with Crippen LogP contribution in [0.2, 0.25) is 0 Å². The number of amides is 1. The molecular weight excluding hydrogens is 408 g/mol. The molecule has 0 aliphatic carbocycles. The van der Waals surface area contributed by atoms with E-state index in [9.17, 15) is 4.79 Å². The van der Waals surface area contributed by atoms with E-state index in [1.165, 1.54) is 5.56 Å². The fraction of sp³-hybridized carbons (Fsp3) is 0.200. The largest absolute Gasteiger partial charge is 0.486 e. The number of carbonyl (C=O) groups excluding carboxylic acids is 1. The second kappa shape index (κ2) is 8.40. The zero-order valence-corrected chi connectivity index (χ0v) is 18.0. The molecule has 0 unspecified atom stereocenters. The van der Waals surface area contributed by atoms with Crippen molar-refractivity contribution in [1.82, 2.24) is 4.98 Å². The Kier molecular flexibility index (Phi) is 5.30. The van der Waals surface area contributed by atoms with Crippen LogP contribution in [0.3, 0.4) is 0 Å². The third kappa shape index (κ3) is 3.86. The average molecular weight is 431 g/mol. The van der Waals surface area contributed by atoms with E-state index < -0.39 is 0 Å². The van der Waals surface area contributed by atoms with Gasteiger partial charge < -0.3 is 9.47 Å².